The topological polar surface area (TPSA) is 14.1 Å². The molecule has 4 fully saturated rings. The predicted molar refractivity (Wildman–Crippen MR) is 73.1 cm³/mol. The monoisotopic (exact) mass is 234 g/mol. The van der Waals surface area contributed by atoms with Crippen molar-refractivity contribution in [1.29, 1.82) is 0 Å². The molecule has 1 nitrogen and oxygen atoms in total. The van der Waals surface area contributed by atoms with Gasteiger partial charge in [0, 0.05) is 0 Å². The summed E-state index contributed by atoms with van der Waals surface area (Å²) in [6.45, 7) is 9.98. The van der Waals surface area contributed by atoms with E-state index in [1.54, 1.807) is 0 Å². The van der Waals surface area contributed by atoms with E-state index in [1.807, 2.05) is 7.05 Å². The maximum atomic E-state index is 4.70. The van der Waals surface area contributed by atoms with Crippen molar-refractivity contribution in [3.63, 3.8) is 0 Å². The fourth-order valence-electron chi connectivity index (χ4n) is 6.07. The summed E-state index contributed by atoms with van der Waals surface area (Å²) in [5, 5.41) is 4.70. The molecule has 0 aromatic rings. The Morgan fingerprint density at radius 1 is 1.12 bits per heavy atom. The third-order valence-corrected chi connectivity index (χ3v) is 6.62. The van der Waals surface area contributed by atoms with Crippen LogP contribution in [0.3, 0.4) is 0 Å². The van der Waals surface area contributed by atoms with Crippen LogP contribution in [0.4, 0.5) is 0 Å². The van der Waals surface area contributed by atoms with Gasteiger partial charge in [0.15, 0.2) is 0 Å². The minimum absolute atomic E-state index is 0.520. The smallest absolute Gasteiger partial charge is 0.0288 e. The van der Waals surface area contributed by atoms with Gasteiger partial charge in [-0.2, -0.15) is 7.05 Å². The van der Waals surface area contributed by atoms with Crippen LogP contribution in [-0.4, -0.2) is 13.1 Å². The molecule has 17 heavy (non-hydrogen) atoms. The van der Waals surface area contributed by atoms with Crippen LogP contribution in [0, 0.1) is 34.5 Å². The Hall–Kier alpha value is -0.0400. The number of nitrogens with zero attached hydrogens (tertiary/aromatic N) is 1. The summed E-state index contributed by atoms with van der Waals surface area (Å²) in [5.41, 5.74) is 1.17. The Morgan fingerprint density at radius 2 is 1.82 bits per heavy atom. The molecule has 0 spiro atoms. The van der Waals surface area contributed by atoms with Crippen LogP contribution in [0.15, 0.2) is 0 Å². The molecule has 6 atom stereocenters. The van der Waals surface area contributed by atoms with Gasteiger partial charge in [-0.15, -0.1) is 6.04 Å². The van der Waals surface area contributed by atoms with Crippen molar-refractivity contribution in [3.8, 4) is 0 Å². The van der Waals surface area contributed by atoms with Gasteiger partial charge in [-0.25, -0.2) is 0 Å². The molecule has 0 aromatic heterocycles. The van der Waals surface area contributed by atoms with E-state index in [9.17, 15) is 0 Å². The summed E-state index contributed by atoms with van der Waals surface area (Å²) in [6.07, 6.45) is 5.77. The molecule has 4 rings (SSSR count). The number of hydrogen-bond donors (Lipinski definition) is 0. The molecule has 98 valence electrons. The number of hydrogen-bond acceptors (Lipinski definition) is 0. The van der Waals surface area contributed by atoms with Crippen molar-refractivity contribution in [2.24, 2.45) is 34.5 Å². The lowest BCUT2D eigenvalue weighted by Gasteiger charge is -2.63. The maximum absolute atomic E-state index is 4.70. The lowest BCUT2D eigenvalue weighted by Crippen LogP contribution is -2.53. The highest BCUT2D eigenvalue weighted by Gasteiger charge is 2.62. The second-order valence-electron chi connectivity index (χ2n) is 8.08. The predicted octanol–water partition coefficient (Wildman–Crippen LogP) is 4.48. The Bertz CT molecular complexity index is 323. The second kappa shape index (κ2) is 3.50. The molecule has 4 saturated carbocycles. The molecule has 0 heterocycles. The Labute approximate surface area is 107 Å². The van der Waals surface area contributed by atoms with E-state index in [-0.39, 0.29) is 0 Å². The average molecular weight is 234 g/mol. The highest BCUT2D eigenvalue weighted by molar-refractivity contribution is 5.18. The normalized spacial score (nSPS) is 56.8. The zero-order valence-corrected chi connectivity index (χ0v) is 12.2. The van der Waals surface area contributed by atoms with Gasteiger partial charge in [-0.05, 0) is 53.8 Å². The largest absolute Gasteiger partial charge is 0.662 e. The SMILES string of the molecule is C[N-][C@@H]1CC2C3CC1(C)CC2(C)CC3C(C)C. The molecule has 4 aliphatic rings. The molecule has 0 N–H and O–H groups in total. The number of rotatable bonds is 2. The van der Waals surface area contributed by atoms with Gasteiger partial charge in [-0.3, -0.25) is 0 Å². The zero-order chi connectivity index (χ0) is 12.4. The first-order valence-electron chi connectivity index (χ1n) is 7.48. The maximum Gasteiger partial charge on any atom is -0.0288 e. The summed E-state index contributed by atoms with van der Waals surface area (Å²) < 4.78 is 0. The van der Waals surface area contributed by atoms with E-state index in [1.165, 1.54) is 25.7 Å². The van der Waals surface area contributed by atoms with Crippen LogP contribution < -0.4 is 0 Å². The van der Waals surface area contributed by atoms with Crippen LogP contribution in [-0.2, 0) is 0 Å². The molecule has 0 aromatic carbocycles. The highest BCUT2D eigenvalue weighted by atomic mass is 14.9. The molecule has 0 radical (unpaired) electrons. The second-order valence-corrected chi connectivity index (χ2v) is 8.08. The Morgan fingerprint density at radius 3 is 2.35 bits per heavy atom. The summed E-state index contributed by atoms with van der Waals surface area (Å²) in [4.78, 5) is 0. The first-order chi connectivity index (χ1) is 7.89. The van der Waals surface area contributed by atoms with Gasteiger partial charge in [0.2, 0.25) is 0 Å². The molecule has 5 unspecified atom stereocenters. The van der Waals surface area contributed by atoms with Crippen LogP contribution >= 0.6 is 0 Å². The van der Waals surface area contributed by atoms with Crippen LogP contribution in [0.1, 0.15) is 53.4 Å². The van der Waals surface area contributed by atoms with Crippen LogP contribution in [0.2, 0.25) is 0 Å². The summed E-state index contributed by atoms with van der Waals surface area (Å²) in [6, 6.07) is 0.655. The first-order valence-corrected chi connectivity index (χ1v) is 7.48. The highest BCUT2D eigenvalue weighted by Crippen LogP contribution is 2.70. The minimum atomic E-state index is 0.520. The van der Waals surface area contributed by atoms with Gasteiger partial charge >= 0.3 is 0 Å². The third kappa shape index (κ3) is 1.47. The van der Waals surface area contributed by atoms with E-state index in [0.717, 1.165) is 23.7 Å². The standard InChI is InChI=1S/C16H28N/c1-10(2)11-7-15(3)9-16(4)8-12(11)13(15)6-14(16)17-5/h10-14H,6-9H2,1-5H3/q-1/t11?,12?,13?,14-,15?,16?/m1/s1. The van der Waals surface area contributed by atoms with Gasteiger partial charge in [0.1, 0.15) is 0 Å². The molecule has 0 saturated heterocycles. The molecule has 0 amide bonds. The number of fused-ring (bicyclic) bond motifs is 1. The lowest BCUT2D eigenvalue weighted by atomic mass is 9.49. The summed E-state index contributed by atoms with van der Waals surface area (Å²) in [5.74, 6) is 3.86. The van der Waals surface area contributed by atoms with Crippen molar-refractivity contribution in [1.82, 2.24) is 0 Å². The Balaban J connectivity index is 1.94. The van der Waals surface area contributed by atoms with Crippen molar-refractivity contribution in [3.05, 3.63) is 5.32 Å². The van der Waals surface area contributed by atoms with E-state index < -0.39 is 0 Å². The van der Waals surface area contributed by atoms with Gasteiger partial charge in [0.05, 0.1) is 0 Å². The lowest BCUT2D eigenvalue weighted by molar-refractivity contribution is -0.0516. The van der Waals surface area contributed by atoms with E-state index >= 15 is 0 Å². The van der Waals surface area contributed by atoms with Gasteiger partial charge < -0.3 is 5.32 Å². The van der Waals surface area contributed by atoms with Crippen LogP contribution in [0.5, 0.6) is 0 Å². The van der Waals surface area contributed by atoms with Gasteiger partial charge in [0.25, 0.3) is 0 Å². The van der Waals surface area contributed by atoms with Gasteiger partial charge in [-0.1, -0.05) is 34.1 Å². The summed E-state index contributed by atoms with van der Waals surface area (Å²) >= 11 is 0. The van der Waals surface area contributed by atoms with Crippen molar-refractivity contribution >= 4 is 0 Å². The van der Waals surface area contributed by atoms with E-state index in [2.05, 4.69) is 27.7 Å². The molecule has 1 heteroatoms. The van der Waals surface area contributed by atoms with Crippen LogP contribution in [0.25, 0.3) is 5.32 Å². The molecular weight excluding hydrogens is 206 g/mol. The van der Waals surface area contributed by atoms with E-state index in [0.29, 0.717) is 16.9 Å². The minimum Gasteiger partial charge on any atom is -0.662 e. The van der Waals surface area contributed by atoms with Crippen molar-refractivity contribution < 1.29 is 0 Å². The fraction of sp³-hybridized carbons (Fsp3) is 1.00. The van der Waals surface area contributed by atoms with Crippen molar-refractivity contribution in [2.45, 2.75) is 59.4 Å². The summed E-state index contributed by atoms with van der Waals surface area (Å²) in [7, 11) is 2.04. The first kappa shape index (κ1) is 12.0. The molecule has 4 bridgehead atoms. The van der Waals surface area contributed by atoms with E-state index in [4.69, 9.17) is 5.32 Å². The fourth-order valence-corrected chi connectivity index (χ4v) is 6.07. The zero-order valence-electron chi connectivity index (χ0n) is 12.2. The average Bonchev–Trinajstić information content (AvgIpc) is 2.43. The quantitative estimate of drug-likeness (QED) is 0.669. The van der Waals surface area contributed by atoms with Crippen molar-refractivity contribution in [2.75, 3.05) is 7.05 Å². The third-order valence-electron chi connectivity index (χ3n) is 6.62. The Kier molecular flexibility index (Phi) is 2.47. The molecular formula is C16H28N-. The molecule has 4 aliphatic carbocycles. The molecule has 0 aliphatic heterocycles.